The summed E-state index contributed by atoms with van der Waals surface area (Å²) in [5.74, 6) is 0. The number of para-hydroxylation sites is 1. The van der Waals surface area contributed by atoms with Crippen LogP contribution in [0, 0.1) is 13.8 Å². The zero-order chi connectivity index (χ0) is 16.8. The molecular formula is C19H27N3. The highest BCUT2D eigenvalue weighted by atomic mass is 14.7. The molecule has 0 aliphatic heterocycles. The summed E-state index contributed by atoms with van der Waals surface area (Å²) in [5, 5.41) is 1.22. The molecule has 3 heteroatoms. The molecule has 22 heavy (non-hydrogen) atoms. The van der Waals surface area contributed by atoms with E-state index in [0.29, 0.717) is 0 Å². The fourth-order valence-corrected chi connectivity index (χ4v) is 1.55. The minimum absolute atomic E-state index is 0.961. The molecule has 2 heterocycles. The standard InChI is InChI=1S/C10H9N.C5H6N2.2C2H6/c1-8-6-9-4-2-3-5-10(9)11-7-8;1-5-4-6-2-3-7-5;2*1-2/h2-7H,1H3;2-4H,1H3;2*1-2H3. The highest BCUT2D eigenvalue weighted by Crippen LogP contribution is 2.11. The molecule has 3 rings (SSSR count). The van der Waals surface area contributed by atoms with E-state index in [9.17, 15) is 0 Å². The largest absolute Gasteiger partial charge is 0.261 e. The van der Waals surface area contributed by atoms with Crippen LogP contribution in [0.2, 0.25) is 0 Å². The monoisotopic (exact) mass is 297 g/mol. The van der Waals surface area contributed by atoms with Crippen LogP contribution in [-0.2, 0) is 0 Å². The summed E-state index contributed by atoms with van der Waals surface area (Å²) >= 11 is 0. The third kappa shape index (κ3) is 7.48. The smallest absolute Gasteiger partial charge is 0.0702 e. The van der Waals surface area contributed by atoms with Crippen LogP contribution in [0.5, 0.6) is 0 Å². The molecule has 0 fully saturated rings. The molecule has 1 aromatic carbocycles. The van der Waals surface area contributed by atoms with Crippen molar-refractivity contribution in [3.05, 3.63) is 66.4 Å². The van der Waals surface area contributed by atoms with Gasteiger partial charge in [-0.1, -0.05) is 45.9 Å². The van der Waals surface area contributed by atoms with E-state index in [-0.39, 0.29) is 0 Å². The lowest BCUT2D eigenvalue weighted by molar-refractivity contribution is 1.12. The van der Waals surface area contributed by atoms with E-state index < -0.39 is 0 Å². The maximum absolute atomic E-state index is 4.28. The van der Waals surface area contributed by atoms with Gasteiger partial charge < -0.3 is 0 Å². The Morgan fingerprint density at radius 3 is 2.00 bits per heavy atom. The second-order valence-corrected chi connectivity index (χ2v) is 4.05. The average molecular weight is 297 g/mol. The molecule has 0 amide bonds. The van der Waals surface area contributed by atoms with Crippen LogP contribution in [0.25, 0.3) is 10.9 Å². The average Bonchev–Trinajstić information content (AvgIpc) is 2.60. The zero-order valence-corrected chi connectivity index (χ0v) is 14.5. The van der Waals surface area contributed by atoms with E-state index in [1.165, 1.54) is 10.9 Å². The first-order chi connectivity index (χ1) is 10.8. The lowest BCUT2D eigenvalue weighted by atomic mass is 10.2. The Hall–Kier alpha value is -2.29. The molecular weight excluding hydrogens is 270 g/mol. The SMILES string of the molecule is CC.CC.Cc1cnc2ccccc2c1.Cc1cnccn1. The second kappa shape index (κ2) is 12.5. The summed E-state index contributed by atoms with van der Waals surface area (Å²) in [5.41, 5.74) is 3.24. The fraction of sp³-hybridized carbons (Fsp3) is 0.316. The molecule has 0 radical (unpaired) electrons. The van der Waals surface area contributed by atoms with Crippen LogP contribution in [0.3, 0.4) is 0 Å². The number of fused-ring (bicyclic) bond motifs is 1. The summed E-state index contributed by atoms with van der Waals surface area (Å²) < 4.78 is 0. The van der Waals surface area contributed by atoms with Crippen LogP contribution in [0.15, 0.2) is 55.1 Å². The molecule has 0 spiro atoms. The van der Waals surface area contributed by atoms with Gasteiger partial charge in [0.1, 0.15) is 0 Å². The van der Waals surface area contributed by atoms with Gasteiger partial charge in [0.2, 0.25) is 0 Å². The van der Waals surface area contributed by atoms with Gasteiger partial charge in [-0.15, -0.1) is 0 Å². The first kappa shape index (κ1) is 19.7. The predicted molar refractivity (Wildman–Crippen MR) is 95.9 cm³/mol. The van der Waals surface area contributed by atoms with Crippen molar-refractivity contribution in [2.45, 2.75) is 41.5 Å². The van der Waals surface area contributed by atoms with E-state index in [4.69, 9.17) is 0 Å². The van der Waals surface area contributed by atoms with Crippen molar-refractivity contribution in [2.24, 2.45) is 0 Å². The van der Waals surface area contributed by atoms with Crippen molar-refractivity contribution in [1.82, 2.24) is 15.0 Å². The predicted octanol–water partition coefficient (Wildman–Crippen LogP) is 5.38. The fourth-order valence-electron chi connectivity index (χ4n) is 1.55. The van der Waals surface area contributed by atoms with Crippen LogP contribution in [-0.4, -0.2) is 15.0 Å². The molecule has 3 nitrogen and oxygen atoms in total. The quantitative estimate of drug-likeness (QED) is 0.559. The Bertz CT molecular complexity index is 622. The molecule has 0 aliphatic carbocycles. The van der Waals surface area contributed by atoms with Gasteiger partial charge >= 0.3 is 0 Å². The molecule has 0 unspecified atom stereocenters. The van der Waals surface area contributed by atoms with Gasteiger partial charge in [-0.25, -0.2) is 0 Å². The number of aromatic nitrogens is 3. The molecule has 0 bridgehead atoms. The number of aryl methyl sites for hydroxylation is 2. The minimum Gasteiger partial charge on any atom is -0.261 e. The van der Waals surface area contributed by atoms with Crippen LogP contribution < -0.4 is 0 Å². The highest BCUT2D eigenvalue weighted by Gasteiger charge is 1.90. The summed E-state index contributed by atoms with van der Waals surface area (Å²) in [6, 6.07) is 10.3. The lowest BCUT2D eigenvalue weighted by Gasteiger charge is -1.95. The number of benzene rings is 1. The third-order valence-corrected chi connectivity index (χ3v) is 2.42. The van der Waals surface area contributed by atoms with Crippen molar-refractivity contribution in [2.75, 3.05) is 0 Å². The molecule has 118 valence electrons. The Kier molecular flexibility index (Phi) is 11.2. The van der Waals surface area contributed by atoms with E-state index >= 15 is 0 Å². The summed E-state index contributed by atoms with van der Waals surface area (Å²) in [7, 11) is 0. The van der Waals surface area contributed by atoms with Crippen molar-refractivity contribution in [3.8, 4) is 0 Å². The maximum atomic E-state index is 4.28. The number of nitrogens with zero attached hydrogens (tertiary/aromatic N) is 3. The van der Waals surface area contributed by atoms with Crippen molar-refractivity contribution in [1.29, 1.82) is 0 Å². The Labute approximate surface area is 134 Å². The number of rotatable bonds is 0. The number of pyridine rings is 1. The van der Waals surface area contributed by atoms with Gasteiger partial charge in [-0.2, -0.15) is 0 Å². The van der Waals surface area contributed by atoms with E-state index in [2.05, 4.69) is 34.0 Å². The van der Waals surface area contributed by atoms with E-state index in [0.717, 1.165) is 11.2 Å². The van der Waals surface area contributed by atoms with Gasteiger partial charge in [0.05, 0.1) is 11.2 Å². The molecule has 3 aromatic rings. The van der Waals surface area contributed by atoms with E-state index in [1.54, 1.807) is 18.6 Å². The van der Waals surface area contributed by atoms with Gasteiger partial charge in [-0.05, 0) is 31.5 Å². The van der Waals surface area contributed by atoms with Crippen molar-refractivity contribution >= 4 is 10.9 Å². The number of hydrogen-bond donors (Lipinski definition) is 0. The van der Waals surface area contributed by atoms with Crippen molar-refractivity contribution < 1.29 is 0 Å². The lowest BCUT2D eigenvalue weighted by Crippen LogP contribution is -1.78. The van der Waals surface area contributed by atoms with Gasteiger partial charge in [-0.3, -0.25) is 15.0 Å². The first-order valence-corrected chi connectivity index (χ1v) is 7.80. The van der Waals surface area contributed by atoms with Gasteiger partial charge in [0.15, 0.2) is 0 Å². The van der Waals surface area contributed by atoms with Crippen LogP contribution in [0.1, 0.15) is 39.0 Å². The van der Waals surface area contributed by atoms with Gasteiger partial charge in [0, 0.05) is 30.2 Å². The Balaban J connectivity index is 0.000000348. The molecule has 0 aliphatic rings. The first-order valence-electron chi connectivity index (χ1n) is 7.80. The van der Waals surface area contributed by atoms with E-state index in [1.807, 2.05) is 59.0 Å². The summed E-state index contributed by atoms with van der Waals surface area (Å²) in [6.45, 7) is 12.0. The third-order valence-electron chi connectivity index (χ3n) is 2.42. The molecule has 0 saturated carbocycles. The van der Waals surface area contributed by atoms with Gasteiger partial charge in [0.25, 0.3) is 0 Å². The zero-order valence-electron chi connectivity index (χ0n) is 14.5. The topological polar surface area (TPSA) is 38.7 Å². The second-order valence-electron chi connectivity index (χ2n) is 4.05. The Morgan fingerprint density at radius 1 is 0.773 bits per heavy atom. The summed E-state index contributed by atoms with van der Waals surface area (Å²) in [4.78, 5) is 12.0. The minimum atomic E-state index is 0.961. The summed E-state index contributed by atoms with van der Waals surface area (Å²) in [6.07, 6.45) is 6.95. The Morgan fingerprint density at radius 2 is 1.45 bits per heavy atom. The number of hydrogen-bond acceptors (Lipinski definition) is 3. The maximum Gasteiger partial charge on any atom is 0.0702 e. The normalized spacial score (nSPS) is 8.45. The molecule has 2 aromatic heterocycles. The van der Waals surface area contributed by atoms with Crippen molar-refractivity contribution in [3.63, 3.8) is 0 Å². The van der Waals surface area contributed by atoms with Crippen LogP contribution in [0.4, 0.5) is 0 Å². The van der Waals surface area contributed by atoms with Crippen LogP contribution >= 0.6 is 0 Å². The highest BCUT2D eigenvalue weighted by molar-refractivity contribution is 5.78. The molecule has 0 saturated heterocycles. The molecule has 0 N–H and O–H groups in total. The molecule has 0 atom stereocenters.